The normalized spacial score (nSPS) is 23.5. The Morgan fingerprint density at radius 3 is 2.43 bits per heavy atom. The molecule has 0 amide bonds. The summed E-state index contributed by atoms with van der Waals surface area (Å²) in [5, 5.41) is 0. The van der Waals surface area contributed by atoms with E-state index in [4.69, 9.17) is 5.73 Å². The average Bonchev–Trinajstić information content (AvgIpc) is 2.48. The van der Waals surface area contributed by atoms with Crippen molar-refractivity contribution in [3.8, 4) is 0 Å². The third-order valence-corrected chi connectivity index (χ3v) is 4.82. The first kappa shape index (κ1) is 16.5. The maximum absolute atomic E-state index is 6.64. The molecule has 0 aromatic heterocycles. The van der Waals surface area contributed by atoms with Crippen molar-refractivity contribution in [2.75, 3.05) is 27.2 Å². The maximum Gasteiger partial charge on any atom is 0.0455 e. The van der Waals surface area contributed by atoms with Gasteiger partial charge in [-0.1, -0.05) is 44.2 Å². The second-order valence-electron chi connectivity index (χ2n) is 6.93. The van der Waals surface area contributed by atoms with Gasteiger partial charge in [0.2, 0.25) is 0 Å². The van der Waals surface area contributed by atoms with Crippen LogP contribution in [0.1, 0.15) is 38.3 Å². The van der Waals surface area contributed by atoms with Crippen molar-refractivity contribution < 1.29 is 0 Å². The molecule has 3 unspecified atom stereocenters. The lowest BCUT2D eigenvalue weighted by molar-refractivity contribution is 0.0627. The Labute approximate surface area is 130 Å². The van der Waals surface area contributed by atoms with Crippen LogP contribution in [0.25, 0.3) is 0 Å². The number of likely N-dealkylation sites (tertiary alicyclic amines) is 1. The molecule has 1 saturated heterocycles. The summed E-state index contributed by atoms with van der Waals surface area (Å²) in [6.45, 7) is 6.91. The maximum atomic E-state index is 6.64. The fraction of sp³-hybridized carbons (Fsp3) is 0.667. The van der Waals surface area contributed by atoms with Crippen LogP contribution in [0.5, 0.6) is 0 Å². The zero-order chi connectivity index (χ0) is 15.4. The fourth-order valence-corrected chi connectivity index (χ4v) is 3.61. The standard InChI is InChI=1S/C18H31N3/c1-14(2)18(17(19)15-9-6-5-7-10-15)21-12-8-11-16(13-21)20(3)4/h5-7,9-10,14,16-18H,8,11-13,19H2,1-4H3. The van der Waals surface area contributed by atoms with E-state index in [9.17, 15) is 0 Å². The Morgan fingerprint density at radius 2 is 1.86 bits per heavy atom. The highest BCUT2D eigenvalue weighted by molar-refractivity contribution is 5.20. The summed E-state index contributed by atoms with van der Waals surface area (Å²) in [5.74, 6) is 0.557. The first-order valence-corrected chi connectivity index (χ1v) is 8.21. The number of hydrogen-bond acceptors (Lipinski definition) is 3. The minimum atomic E-state index is 0.0899. The van der Waals surface area contributed by atoms with Gasteiger partial charge in [0.25, 0.3) is 0 Å². The monoisotopic (exact) mass is 289 g/mol. The van der Waals surface area contributed by atoms with Crippen LogP contribution in [0, 0.1) is 5.92 Å². The molecule has 2 N–H and O–H groups in total. The van der Waals surface area contributed by atoms with Crippen molar-refractivity contribution in [1.82, 2.24) is 9.80 Å². The molecule has 3 heteroatoms. The lowest BCUT2D eigenvalue weighted by Crippen LogP contribution is -2.53. The van der Waals surface area contributed by atoms with Gasteiger partial charge in [0, 0.05) is 24.7 Å². The highest BCUT2D eigenvalue weighted by Crippen LogP contribution is 2.28. The summed E-state index contributed by atoms with van der Waals surface area (Å²) in [5.41, 5.74) is 7.89. The topological polar surface area (TPSA) is 32.5 Å². The van der Waals surface area contributed by atoms with Crippen molar-refractivity contribution in [2.24, 2.45) is 11.7 Å². The van der Waals surface area contributed by atoms with E-state index in [2.05, 4.69) is 68.1 Å². The fourth-order valence-electron chi connectivity index (χ4n) is 3.61. The van der Waals surface area contributed by atoms with E-state index in [1.165, 1.54) is 24.9 Å². The molecule has 0 spiro atoms. The van der Waals surface area contributed by atoms with E-state index in [1.807, 2.05) is 0 Å². The third kappa shape index (κ3) is 4.06. The van der Waals surface area contributed by atoms with Gasteiger partial charge in [0.15, 0.2) is 0 Å². The van der Waals surface area contributed by atoms with Crippen LogP contribution in [0.2, 0.25) is 0 Å². The summed E-state index contributed by atoms with van der Waals surface area (Å²) in [6, 6.07) is 11.7. The van der Waals surface area contributed by atoms with Gasteiger partial charge in [0.05, 0.1) is 0 Å². The van der Waals surface area contributed by atoms with Gasteiger partial charge >= 0.3 is 0 Å². The Balaban J connectivity index is 2.15. The summed E-state index contributed by atoms with van der Waals surface area (Å²) in [7, 11) is 4.38. The van der Waals surface area contributed by atoms with Crippen LogP contribution in [-0.4, -0.2) is 49.1 Å². The van der Waals surface area contributed by atoms with Crippen LogP contribution in [0.3, 0.4) is 0 Å². The van der Waals surface area contributed by atoms with Gasteiger partial charge in [0.1, 0.15) is 0 Å². The second kappa shape index (κ2) is 7.39. The Bertz CT molecular complexity index is 416. The minimum absolute atomic E-state index is 0.0899. The lowest BCUT2D eigenvalue weighted by Gasteiger charge is -2.44. The molecular weight excluding hydrogens is 258 g/mol. The molecule has 118 valence electrons. The lowest BCUT2D eigenvalue weighted by atomic mass is 9.88. The smallest absolute Gasteiger partial charge is 0.0455 e. The number of nitrogens with zero attached hydrogens (tertiary/aromatic N) is 2. The van der Waals surface area contributed by atoms with Crippen LogP contribution < -0.4 is 5.73 Å². The SMILES string of the molecule is CC(C)C(C(N)c1ccccc1)N1CCCC(N(C)C)C1. The van der Waals surface area contributed by atoms with Crippen molar-refractivity contribution in [3.05, 3.63) is 35.9 Å². The Morgan fingerprint density at radius 1 is 1.19 bits per heavy atom. The van der Waals surface area contributed by atoms with E-state index in [-0.39, 0.29) is 6.04 Å². The highest BCUT2D eigenvalue weighted by atomic mass is 15.2. The first-order chi connectivity index (χ1) is 10.0. The van der Waals surface area contributed by atoms with E-state index >= 15 is 0 Å². The number of piperidine rings is 1. The molecular formula is C18H31N3. The van der Waals surface area contributed by atoms with Gasteiger partial charge in [-0.25, -0.2) is 0 Å². The number of benzene rings is 1. The van der Waals surface area contributed by atoms with Gasteiger partial charge < -0.3 is 10.6 Å². The van der Waals surface area contributed by atoms with Crippen LogP contribution >= 0.6 is 0 Å². The second-order valence-corrected chi connectivity index (χ2v) is 6.93. The first-order valence-electron chi connectivity index (χ1n) is 8.21. The van der Waals surface area contributed by atoms with Crippen molar-refractivity contribution in [2.45, 2.75) is 44.8 Å². The highest BCUT2D eigenvalue weighted by Gasteiger charge is 2.32. The molecule has 1 aliphatic rings. The summed E-state index contributed by atoms with van der Waals surface area (Å²) in [4.78, 5) is 4.98. The molecule has 1 aliphatic heterocycles. The largest absolute Gasteiger partial charge is 0.323 e. The number of hydrogen-bond donors (Lipinski definition) is 1. The van der Waals surface area contributed by atoms with Crippen molar-refractivity contribution in [1.29, 1.82) is 0 Å². The molecule has 3 atom stereocenters. The number of nitrogens with two attached hydrogens (primary N) is 1. The molecule has 0 saturated carbocycles. The molecule has 3 nitrogen and oxygen atoms in total. The molecule has 0 bridgehead atoms. The van der Waals surface area contributed by atoms with Crippen LogP contribution in [0.4, 0.5) is 0 Å². The van der Waals surface area contributed by atoms with Gasteiger partial charge in [-0.05, 0) is 45.0 Å². The zero-order valence-corrected chi connectivity index (χ0v) is 14.0. The average molecular weight is 289 g/mol. The third-order valence-electron chi connectivity index (χ3n) is 4.82. The van der Waals surface area contributed by atoms with Gasteiger partial charge in [-0.15, -0.1) is 0 Å². The molecule has 0 aliphatic carbocycles. The molecule has 1 aromatic rings. The van der Waals surface area contributed by atoms with Crippen LogP contribution in [-0.2, 0) is 0 Å². The van der Waals surface area contributed by atoms with E-state index in [1.54, 1.807) is 0 Å². The minimum Gasteiger partial charge on any atom is -0.323 e. The molecule has 1 aromatic carbocycles. The molecule has 1 fully saturated rings. The quantitative estimate of drug-likeness (QED) is 0.904. The molecule has 21 heavy (non-hydrogen) atoms. The number of likely N-dealkylation sites (N-methyl/N-ethyl adjacent to an activating group) is 1. The van der Waals surface area contributed by atoms with Gasteiger partial charge in [-0.2, -0.15) is 0 Å². The Hall–Kier alpha value is -0.900. The van der Waals surface area contributed by atoms with E-state index in [0.29, 0.717) is 18.0 Å². The summed E-state index contributed by atoms with van der Waals surface area (Å²) in [6.07, 6.45) is 2.57. The van der Waals surface area contributed by atoms with Gasteiger partial charge in [-0.3, -0.25) is 4.90 Å². The Kier molecular flexibility index (Phi) is 5.80. The number of rotatable bonds is 5. The van der Waals surface area contributed by atoms with E-state index in [0.717, 1.165) is 6.54 Å². The van der Waals surface area contributed by atoms with Crippen LogP contribution in [0.15, 0.2) is 30.3 Å². The zero-order valence-electron chi connectivity index (χ0n) is 14.0. The predicted molar refractivity (Wildman–Crippen MR) is 90.3 cm³/mol. The molecule has 1 heterocycles. The molecule has 2 rings (SSSR count). The summed E-state index contributed by atoms with van der Waals surface area (Å²) < 4.78 is 0. The summed E-state index contributed by atoms with van der Waals surface area (Å²) >= 11 is 0. The predicted octanol–water partition coefficient (Wildman–Crippen LogP) is 2.74. The van der Waals surface area contributed by atoms with Crippen molar-refractivity contribution in [3.63, 3.8) is 0 Å². The van der Waals surface area contributed by atoms with E-state index < -0.39 is 0 Å². The molecule has 0 radical (unpaired) electrons. The van der Waals surface area contributed by atoms with Crippen molar-refractivity contribution >= 4 is 0 Å².